The van der Waals surface area contributed by atoms with E-state index in [0.29, 0.717) is 0 Å². The van der Waals surface area contributed by atoms with Crippen LogP contribution in [0.5, 0.6) is 0 Å². The van der Waals surface area contributed by atoms with E-state index in [4.69, 9.17) is 4.74 Å². The minimum Gasteiger partial charge on any atom is -0.367 e. The van der Waals surface area contributed by atoms with Gasteiger partial charge in [0.2, 0.25) is 0 Å². The highest BCUT2D eigenvalue weighted by Gasteiger charge is 2.37. The first kappa shape index (κ1) is 16.3. The summed E-state index contributed by atoms with van der Waals surface area (Å²) in [7, 11) is 0. The molecule has 0 unspecified atom stereocenters. The first-order valence-electron chi connectivity index (χ1n) is 8.42. The molecule has 1 aliphatic carbocycles. The molecule has 3 heteroatoms. The molecule has 0 radical (unpaired) electrons. The molecule has 2 aliphatic rings. The molecule has 1 aliphatic heterocycles. The number of nitrogens with one attached hydrogen (secondary N) is 1. The highest BCUT2D eigenvalue weighted by atomic mass is 16.5. The third kappa shape index (κ3) is 5.01. The van der Waals surface area contributed by atoms with Crippen LogP contribution in [-0.4, -0.2) is 48.3 Å². The third-order valence-electron chi connectivity index (χ3n) is 4.64. The summed E-state index contributed by atoms with van der Waals surface area (Å²) < 4.78 is 6.14. The molecular weight excluding hydrogens is 248 g/mol. The van der Waals surface area contributed by atoms with Crippen molar-refractivity contribution in [3.8, 4) is 0 Å². The van der Waals surface area contributed by atoms with Crippen LogP contribution < -0.4 is 5.32 Å². The van der Waals surface area contributed by atoms with Crippen molar-refractivity contribution in [3.05, 3.63) is 0 Å². The Morgan fingerprint density at radius 3 is 2.10 bits per heavy atom. The summed E-state index contributed by atoms with van der Waals surface area (Å²) in [6, 6.07) is 0.758. The molecule has 0 atom stereocenters. The van der Waals surface area contributed by atoms with Gasteiger partial charge in [-0.25, -0.2) is 0 Å². The zero-order valence-electron chi connectivity index (χ0n) is 14.2. The highest BCUT2D eigenvalue weighted by Crippen LogP contribution is 2.28. The second-order valence-corrected chi connectivity index (χ2v) is 8.24. The number of ether oxygens (including phenoxy) is 1. The first-order valence-corrected chi connectivity index (χ1v) is 8.42. The normalized spacial score (nSPS) is 34.0. The maximum atomic E-state index is 6.14. The van der Waals surface area contributed by atoms with E-state index in [9.17, 15) is 0 Å². The third-order valence-corrected chi connectivity index (χ3v) is 4.64. The summed E-state index contributed by atoms with van der Waals surface area (Å²) in [6.07, 6.45) is 5.52. The van der Waals surface area contributed by atoms with Crippen LogP contribution >= 0.6 is 0 Å². The molecule has 1 heterocycles. The Kier molecular flexibility index (Phi) is 5.14. The van der Waals surface area contributed by atoms with Gasteiger partial charge in [0.05, 0.1) is 11.2 Å². The van der Waals surface area contributed by atoms with Crippen molar-refractivity contribution >= 4 is 0 Å². The summed E-state index contributed by atoms with van der Waals surface area (Å²) in [6.45, 7) is 15.5. The van der Waals surface area contributed by atoms with Crippen molar-refractivity contribution in [1.29, 1.82) is 0 Å². The maximum Gasteiger partial charge on any atom is 0.0760 e. The van der Waals surface area contributed by atoms with E-state index in [1.54, 1.807) is 0 Å². The molecule has 0 aromatic rings. The standard InChI is InChI=1S/C17H34N2O/c1-14-6-8-15(9-7-14)18-10-11-19-12-16(2,3)20-17(4,5)13-19/h14-15,18H,6-13H2,1-5H3. The Bertz CT molecular complexity index is 290. The molecule has 2 fully saturated rings. The predicted molar refractivity (Wildman–Crippen MR) is 85.1 cm³/mol. The predicted octanol–water partition coefficient (Wildman–Crippen LogP) is 3.04. The van der Waals surface area contributed by atoms with Crippen LogP contribution in [0, 0.1) is 5.92 Å². The molecule has 118 valence electrons. The van der Waals surface area contributed by atoms with Gasteiger partial charge >= 0.3 is 0 Å². The van der Waals surface area contributed by atoms with Gasteiger partial charge in [0.25, 0.3) is 0 Å². The minimum absolute atomic E-state index is 0.0258. The van der Waals surface area contributed by atoms with Crippen LogP contribution in [0.2, 0.25) is 0 Å². The van der Waals surface area contributed by atoms with Crippen LogP contribution in [0.4, 0.5) is 0 Å². The molecule has 0 amide bonds. The quantitative estimate of drug-likeness (QED) is 0.858. The molecule has 2 rings (SSSR count). The largest absolute Gasteiger partial charge is 0.367 e. The van der Waals surface area contributed by atoms with Gasteiger partial charge in [-0.1, -0.05) is 6.92 Å². The summed E-state index contributed by atoms with van der Waals surface area (Å²) in [4.78, 5) is 2.56. The lowest BCUT2D eigenvalue weighted by molar-refractivity contribution is -0.180. The number of hydrogen-bond acceptors (Lipinski definition) is 3. The van der Waals surface area contributed by atoms with E-state index in [-0.39, 0.29) is 11.2 Å². The molecule has 1 saturated heterocycles. The second kappa shape index (κ2) is 6.33. The minimum atomic E-state index is -0.0258. The Balaban J connectivity index is 1.71. The van der Waals surface area contributed by atoms with E-state index in [1.165, 1.54) is 25.7 Å². The molecule has 3 nitrogen and oxygen atoms in total. The zero-order valence-corrected chi connectivity index (χ0v) is 14.2. The highest BCUT2D eigenvalue weighted by molar-refractivity contribution is 4.89. The number of nitrogens with zero attached hydrogens (tertiary/aromatic N) is 1. The lowest BCUT2D eigenvalue weighted by Crippen LogP contribution is -2.58. The van der Waals surface area contributed by atoms with Crippen molar-refractivity contribution < 1.29 is 4.74 Å². The Morgan fingerprint density at radius 2 is 1.55 bits per heavy atom. The summed E-state index contributed by atoms with van der Waals surface area (Å²) >= 11 is 0. The fourth-order valence-electron chi connectivity index (χ4n) is 3.99. The smallest absolute Gasteiger partial charge is 0.0760 e. The van der Waals surface area contributed by atoms with Crippen molar-refractivity contribution in [2.24, 2.45) is 5.92 Å². The monoisotopic (exact) mass is 282 g/mol. The maximum absolute atomic E-state index is 6.14. The van der Waals surface area contributed by atoms with E-state index in [2.05, 4.69) is 44.8 Å². The molecule has 1 saturated carbocycles. The van der Waals surface area contributed by atoms with Crippen molar-refractivity contribution in [2.45, 2.75) is 77.5 Å². The van der Waals surface area contributed by atoms with E-state index in [1.807, 2.05) is 0 Å². The molecule has 0 aromatic heterocycles. The number of rotatable bonds is 4. The van der Waals surface area contributed by atoms with Gasteiger partial charge in [-0.2, -0.15) is 0 Å². The van der Waals surface area contributed by atoms with Crippen molar-refractivity contribution in [3.63, 3.8) is 0 Å². The van der Waals surface area contributed by atoms with Gasteiger partial charge < -0.3 is 10.1 Å². The van der Waals surface area contributed by atoms with Gasteiger partial charge in [-0.05, 0) is 59.3 Å². The summed E-state index contributed by atoms with van der Waals surface area (Å²) in [5.74, 6) is 0.939. The lowest BCUT2D eigenvalue weighted by atomic mass is 9.87. The van der Waals surface area contributed by atoms with Gasteiger partial charge in [0.15, 0.2) is 0 Å². The molecular formula is C17H34N2O. The fraction of sp³-hybridized carbons (Fsp3) is 1.00. The Labute approximate surface area is 125 Å². The van der Waals surface area contributed by atoms with Crippen molar-refractivity contribution in [1.82, 2.24) is 10.2 Å². The van der Waals surface area contributed by atoms with Crippen LogP contribution in [0.1, 0.15) is 60.3 Å². The van der Waals surface area contributed by atoms with E-state index >= 15 is 0 Å². The van der Waals surface area contributed by atoms with Crippen molar-refractivity contribution in [2.75, 3.05) is 26.2 Å². The average Bonchev–Trinajstić information content (AvgIpc) is 2.27. The molecule has 0 bridgehead atoms. The van der Waals surface area contributed by atoms with Gasteiger partial charge in [0, 0.05) is 32.2 Å². The summed E-state index contributed by atoms with van der Waals surface area (Å²) in [5.41, 5.74) is -0.0515. The Morgan fingerprint density at radius 1 is 1.00 bits per heavy atom. The van der Waals surface area contributed by atoms with Crippen LogP contribution in [0.25, 0.3) is 0 Å². The van der Waals surface area contributed by atoms with Gasteiger partial charge in [-0.3, -0.25) is 4.90 Å². The van der Waals surface area contributed by atoms with E-state index in [0.717, 1.165) is 38.1 Å². The van der Waals surface area contributed by atoms with Gasteiger partial charge in [0.1, 0.15) is 0 Å². The molecule has 0 spiro atoms. The fourth-order valence-corrected chi connectivity index (χ4v) is 3.99. The number of hydrogen-bond donors (Lipinski definition) is 1. The average molecular weight is 282 g/mol. The zero-order chi connectivity index (χ0) is 14.8. The lowest BCUT2D eigenvalue weighted by Gasteiger charge is -2.47. The SMILES string of the molecule is CC1CCC(NCCN2CC(C)(C)OC(C)(C)C2)CC1. The Hall–Kier alpha value is -0.120. The van der Waals surface area contributed by atoms with Gasteiger partial charge in [-0.15, -0.1) is 0 Å². The molecule has 20 heavy (non-hydrogen) atoms. The van der Waals surface area contributed by atoms with Crippen LogP contribution in [0.3, 0.4) is 0 Å². The summed E-state index contributed by atoms with van der Waals surface area (Å²) in [5, 5.41) is 3.76. The number of morpholine rings is 1. The van der Waals surface area contributed by atoms with Crippen LogP contribution in [0.15, 0.2) is 0 Å². The van der Waals surface area contributed by atoms with E-state index < -0.39 is 0 Å². The first-order chi connectivity index (χ1) is 9.26. The second-order valence-electron chi connectivity index (χ2n) is 8.24. The molecule has 0 aromatic carbocycles. The van der Waals surface area contributed by atoms with Crippen LogP contribution in [-0.2, 0) is 4.74 Å². The molecule has 1 N–H and O–H groups in total. The topological polar surface area (TPSA) is 24.5 Å².